The third kappa shape index (κ3) is 1.73. The van der Waals surface area contributed by atoms with Crippen LogP contribution in [0.3, 0.4) is 0 Å². The van der Waals surface area contributed by atoms with Gasteiger partial charge in [-0.05, 0) is 17.5 Å². The summed E-state index contributed by atoms with van der Waals surface area (Å²) in [5.41, 5.74) is 2.65. The Labute approximate surface area is 82.4 Å². The van der Waals surface area contributed by atoms with Gasteiger partial charge in [-0.3, -0.25) is 4.84 Å². The van der Waals surface area contributed by atoms with E-state index in [1.165, 1.54) is 22.4 Å². The highest BCUT2D eigenvalue weighted by Crippen LogP contribution is 2.39. The summed E-state index contributed by atoms with van der Waals surface area (Å²) in [5, 5.41) is 0.689. The van der Waals surface area contributed by atoms with E-state index in [-0.39, 0.29) is 0 Å². The molecule has 1 heterocycles. The molecule has 0 spiro atoms. The molecule has 3 heteroatoms. The molecule has 2 rings (SSSR count). The lowest BCUT2D eigenvalue weighted by Gasteiger charge is -2.05. The molecule has 0 radical (unpaired) electrons. The van der Waals surface area contributed by atoms with Crippen LogP contribution in [-0.4, -0.2) is 5.25 Å². The van der Waals surface area contributed by atoms with Crippen LogP contribution in [0.1, 0.15) is 18.1 Å². The van der Waals surface area contributed by atoms with Gasteiger partial charge in [-0.15, -0.1) is 11.8 Å². The number of benzene rings is 1. The van der Waals surface area contributed by atoms with E-state index in [0.29, 0.717) is 11.9 Å². The van der Waals surface area contributed by atoms with Crippen LogP contribution in [0.5, 0.6) is 0 Å². The fourth-order valence-corrected chi connectivity index (χ4v) is 2.95. The lowest BCUT2D eigenvalue weighted by atomic mass is 10.1. The minimum atomic E-state index is 0.517. The second kappa shape index (κ2) is 3.70. The fourth-order valence-electron chi connectivity index (χ4n) is 1.71. The van der Waals surface area contributed by atoms with Gasteiger partial charge in [-0.25, -0.2) is 5.90 Å². The van der Waals surface area contributed by atoms with E-state index in [1.54, 1.807) is 0 Å². The fraction of sp³-hybridized carbons (Fsp3) is 0.400. The van der Waals surface area contributed by atoms with Crippen LogP contribution in [0.25, 0.3) is 0 Å². The minimum absolute atomic E-state index is 0.517. The van der Waals surface area contributed by atoms with Gasteiger partial charge in [-0.1, -0.05) is 25.1 Å². The van der Waals surface area contributed by atoms with E-state index in [0.717, 1.165) is 0 Å². The van der Waals surface area contributed by atoms with Gasteiger partial charge >= 0.3 is 0 Å². The molecule has 0 saturated heterocycles. The molecule has 70 valence electrons. The topological polar surface area (TPSA) is 35.2 Å². The Morgan fingerprint density at radius 2 is 2.46 bits per heavy atom. The average Bonchev–Trinajstić information content (AvgIpc) is 2.47. The van der Waals surface area contributed by atoms with E-state index in [9.17, 15) is 0 Å². The Morgan fingerprint density at radius 3 is 3.23 bits per heavy atom. The summed E-state index contributed by atoms with van der Waals surface area (Å²) in [6, 6.07) is 6.34. The van der Waals surface area contributed by atoms with Crippen molar-refractivity contribution in [3.8, 4) is 0 Å². The zero-order valence-corrected chi connectivity index (χ0v) is 8.43. The van der Waals surface area contributed by atoms with Crippen molar-refractivity contribution < 1.29 is 4.84 Å². The van der Waals surface area contributed by atoms with Crippen molar-refractivity contribution in [2.24, 2.45) is 5.90 Å². The van der Waals surface area contributed by atoms with Crippen LogP contribution in [0, 0.1) is 0 Å². The molecule has 0 saturated carbocycles. The first kappa shape index (κ1) is 9.06. The minimum Gasteiger partial charge on any atom is -0.300 e. The largest absolute Gasteiger partial charge is 0.300 e. The zero-order valence-electron chi connectivity index (χ0n) is 7.62. The van der Waals surface area contributed by atoms with Crippen molar-refractivity contribution in [1.29, 1.82) is 0 Å². The summed E-state index contributed by atoms with van der Waals surface area (Å²) in [6.07, 6.45) is 1.17. The third-order valence-electron chi connectivity index (χ3n) is 2.24. The van der Waals surface area contributed by atoms with Gasteiger partial charge in [0, 0.05) is 10.1 Å². The Kier molecular flexibility index (Phi) is 2.58. The maximum absolute atomic E-state index is 5.08. The smallest absolute Gasteiger partial charge is 0.0940 e. The van der Waals surface area contributed by atoms with Crippen LogP contribution < -0.4 is 5.90 Å². The molecule has 1 atom stereocenters. The van der Waals surface area contributed by atoms with Crippen molar-refractivity contribution in [3.05, 3.63) is 29.3 Å². The zero-order chi connectivity index (χ0) is 9.26. The maximum Gasteiger partial charge on any atom is 0.0940 e. The van der Waals surface area contributed by atoms with Gasteiger partial charge < -0.3 is 0 Å². The van der Waals surface area contributed by atoms with E-state index in [4.69, 9.17) is 5.90 Å². The number of thioether (sulfide) groups is 1. The number of rotatable bonds is 2. The lowest BCUT2D eigenvalue weighted by molar-refractivity contribution is 0.122. The van der Waals surface area contributed by atoms with Gasteiger partial charge in [0.2, 0.25) is 0 Å². The second-order valence-corrected chi connectivity index (χ2v) is 4.80. The highest BCUT2D eigenvalue weighted by atomic mass is 32.2. The normalized spacial score (nSPS) is 20.3. The number of fused-ring (bicyclic) bond motifs is 1. The third-order valence-corrected chi connectivity index (χ3v) is 3.57. The molecular formula is C10H13NOS. The second-order valence-electron chi connectivity index (χ2n) is 3.35. The maximum atomic E-state index is 5.08. The molecule has 0 fully saturated rings. The standard InChI is InChI=1S/C10H13NOS/c1-7-5-8-3-2-4-9(6-12-11)10(8)13-7/h2-4,7H,5-6,11H2,1H3. The van der Waals surface area contributed by atoms with Gasteiger partial charge in [-0.2, -0.15) is 0 Å². The highest BCUT2D eigenvalue weighted by molar-refractivity contribution is 8.00. The van der Waals surface area contributed by atoms with Crippen LogP contribution in [0.15, 0.2) is 23.1 Å². The first-order chi connectivity index (χ1) is 6.31. The summed E-state index contributed by atoms with van der Waals surface area (Å²) in [5.74, 6) is 5.08. The highest BCUT2D eigenvalue weighted by Gasteiger charge is 2.20. The Balaban J connectivity index is 2.34. The molecule has 1 aromatic rings. The van der Waals surface area contributed by atoms with Crippen molar-refractivity contribution in [3.63, 3.8) is 0 Å². The first-order valence-corrected chi connectivity index (χ1v) is 5.28. The van der Waals surface area contributed by atoms with Gasteiger partial charge in [0.25, 0.3) is 0 Å². The van der Waals surface area contributed by atoms with Crippen molar-refractivity contribution >= 4 is 11.8 Å². The Bertz CT molecular complexity index is 314. The molecule has 0 aromatic heterocycles. The molecule has 2 N–H and O–H groups in total. The predicted molar refractivity (Wildman–Crippen MR) is 54.4 cm³/mol. The van der Waals surface area contributed by atoms with Crippen molar-refractivity contribution in [2.75, 3.05) is 0 Å². The molecule has 0 bridgehead atoms. The van der Waals surface area contributed by atoms with Crippen LogP contribution in [-0.2, 0) is 17.9 Å². The van der Waals surface area contributed by atoms with E-state index >= 15 is 0 Å². The number of nitrogens with two attached hydrogens (primary N) is 1. The lowest BCUT2D eigenvalue weighted by Crippen LogP contribution is -2.00. The van der Waals surface area contributed by atoms with E-state index in [2.05, 4.69) is 30.0 Å². The quantitative estimate of drug-likeness (QED) is 0.734. The molecule has 1 aliphatic rings. The van der Waals surface area contributed by atoms with Crippen LogP contribution in [0.4, 0.5) is 0 Å². The molecule has 13 heavy (non-hydrogen) atoms. The average molecular weight is 195 g/mol. The van der Waals surface area contributed by atoms with Crippen LogP contribution in [0.2, 0.25) is 0 Å². The molecule has 1 unspecified atom stereocenters. The van der Waals surface area contributed by atoms with Crippen molar-refractivity contribution in [2.45, 2.75) is 30.1 Å². The van der Waals surface area contributed by atoms with Gasteiger partial charge in [0.15, 0.2) is 0 Å². The summed E-state index contributed by atoms with van der Waals surface area (Å²) in [7, 11) is 0. The summed E-state index contributed by atoms with van der Waals surface area (Å²) < 4.78 is 0. The summed E-state index contributed by atoms with van der Waals surface area (Å²) in [4.78, 5) is 6.05. The van der Waals surface area contributed by atoms with Crippen molar-refractivity contribution in [1.82, 2.24) is 0 Å². The van der Waals surface area contributed by atoms with E-state index in [1.807, 2.05) is 11.8 Å². The number of hydrogen-bond acceptors (Lipinski definition) is 3. The molecule has 1 aromatic carbocycles. The van der Waals surface area contributed by atoms with Crippen LogP contribution >= 0.6 is 11.8 Å². The molecule has 0 amide bonds. The predicted octanol–water partition coefficient (Wildman–Crippen LogP) is 2.11. The Hall–Kier alpha value is -0.510. The van der Waals surface area contributed by atoms with E-state index < -0.39 is 0 Å². The van der Waals surface area contributed by atoms with Gasteiger partial charge in [0.05, 0.1) is 6.61 Å². The van der Waals surface area contributed by atoms with Gasteiger partial charge in [0.1, 0.15) is 0 Å². The molecular weight excluding hydrogens is 182 g/mol. The SMILES string of the molecule is CC1Cc2cccc(CON)c2S1. The molecule has 0 aliphatic carbocycles. The summed E-state index contributed by atoms with van der Waals surface area (Å²) in [6.45, 7) is 2.76. The Morgan fingerprint density at radius 1 is 1.62 bits per heavy atom. The monoisotopic (exact) mass is 195 g/mol. The number of hydrogen-bond donors (Lipinski definition) is 1. The molecule has 2 nitrogen and oxygen atoms in total. The first-order valence-electron chi connectivity index (χ1n) is 4.40. The molecule has 1 aliphatic heterocycles. The summed E-state index contributed by atoms with van der Waals surface area (Å²) >= 11 is 1.92.